The minimum atomic E-state index is -0.445. The zero-order chi connectivity index (χ0) is 18.6. The van der Waals surface area contributed by atoms with Crippen LogP contribution in [0.2, 0.25) is 5.02 Å². The van der Waals surface area contributed by atoms with Crippen LogP contribution in [0.15, 0.2) is 23.3 Å². The molecule has 1 aliphatic heterocycles. The number of amides is 1. The number of benzene rings is 1. The van der Waals surface area contributed by atoms with E-state index in [0.29, 0.717) is 5.02 Å². The zero-order valence-corrected chi connectivity index (χ0v) is 15.8. The van der Waals surface area contributed by atoms with Crippen molar-refractivity contribution >= 4 is 35.0 Å². The van der Waals surface area contributed by atoms with E-state index < -0.39 is 5.91 Å². The first-order chi connectivity index (χ1) is 11.8. The maximum absolute atomic E-state index is 11.3. The minimum absolute atomic E-state index is 0.0721. The predicted octanol–water partition coefficient (Wildman–Crippen LogP) is 4.12. The van der Waals surface area contributed by atoms with Gasteiger partial charge in [-0.2, -0.15) is 10.4 Å². The summed E-state index contributed by atoms with van der Waals surface area (Å²) in [5.74, 6) is -0.445. The summed E-state index contributed by atoms with van der Waals surface area (Å²) in [7, 11) is 0. The molecule has 0 saturated heterocycles. The Morgan fingerprint density at radius 3 is 2.84 bits per heavy atom. The standard InChI is InChI=1S/C19H23ClN4O/c1-5-8-24-17-10-16(20)14(12-22-23-18(25)6-7-21)9-15(17)13(2)11-19(24,3)4/h9-12H,5-6,8H2,1-4H3,(H,23,25)/b22-12-. The first-order valence-electron chi connectivity index (χ1n) is 8.30. The van der Waals surface area contributed by atoms with Crippen LogP contribution in [0.5, 0.6) is 0 Å². The Morgan fingerprint density at radius 1 is 1.48 bits per heavy atom. The van der Waals surface area contributed by atoms with Crippen LogP contribution in [-0.2, 0) is 4.79 Å². The largest absolute Gasteiger partial charge is 0.362 e. The number of carbonyl (C=O) groups excluding carboxylic acids is 1. The molecule has 2 rings (SSSR count). The first-order valence-corrected chi connectivity index (χ1v) is 8.67. The number of allylic oxidation sites excluding steroid dienone is 1. The number of anilines is 1. The fourth-order valence-electron chi connectivity index (χ4n) is 3.13. The molecule has 0 unspecified atom stereocenters. The second kappa shape index (κ2) is 7.71. The SMILES string of the molecule is CCCN1c2cc(Cl)c(/C=N\NC(=O)CC#N)cc2C(C)=CC1(C)C. The molecular weight excluding hydrogens is 336 g/mol. The van der Waals surface area contributed by atoms with E-state index >= 15 is 0 Å². The summed E-state index contributed by atoms with van der Waals surface area (Å²) in [6, 6.07) is 5.72. The second-order valence-corrected chi connectivity index (χ2v) is 7.06. The fraction of sp³-hybridized carbons (Fsp3) is 0.421. The lowest BCUT2D eigenvalue weighted by atomic mass is 9.88. The highest BCUT2D eigenvalue weighted by atomic mass is 35.5. The van der Waals surface area contributed by atoms with Crippen molar-refractivity contribution in [3.63, 3.8) is 0 Å². The van der Waals surface area contributed by atoms with Crippen LogP contribution in [0.3, 0.4) is 0 Å². The molecule has 1 aromatic carbocycles. The van der Waals surface area contributed by atoms with E-state index in [9.17, 15) is 4.79 Å². The van der Waals surface area contributed by atoms with Gasteiger partial charge in [0.15, 0.2) is 0 Å². The van der Waals surface area contributed by atoms with Gasteiger partial charge in [0.1, 0.15) is 6.42 Å². The van der Waals surface area contributed by atoms with E-state index in [0.717, 1.165) is 29.8 Å². The van der Waals surface area contributed by atoms with Crippen molar-refractivity contribution in [1.29, 1.82) is 5.26 Å². The summed E-state index contributed by atoms with van der Waals surface area (Å²) >= 11 is 6.44. The first kappa shape index (κ1) is 19.0. The summed E-state index contributed by atoms with van der Waals surface area (Å²) in [4.78, 5) is 13.7. The Kier molecular flexibility index (Phi) is 5.86. The van der Waals surface area contributed by atoms with Gasteiger partial charge in [0.05, 0.1) is 22.8 Å². The van der Waals surface area contributed by atoms with Crippen molar-refractivity contribution in [2.75, 3.05) is 11.4 Å². The van der Waals surface area contributed by atoms with Crippen LogP contribution >= 0.6 is 11.6 Å². The molecule has 0 aliphatic carbocycles. The second-order valence-electron chi connectivity index (χ2n) is 6.65. The van der Waals surface area contributed by atoms with Crippen LogP contribution in [0.25, 0.3) is 5.57 Å². The molecule has 0 aromatic heterocycles. The quantitative estimate of drug-likeness (QED) is 0.636. The molecule has 1 N–H and O–H groups in total. The number of carbonyl (C=O) groups is 1. The van der Waals surface area contributed by atoms with E-state index in [1.165, 1.54) is 11.8 Å². The highest BCUT2D eigenvalue weighted by molar-refractivity contribution is 6.33. The van der Waals surface area contributed by atoms with Crippen molar-refractivity contribution in [3.05, 3.63) is 34.4 Å². The molecule has 25 heavy (non-hydrogen) atoms. The topological polar surface area (TPSA) is 68.5 Å². The smallest absolute Gasteiger partial charge is 0.254 e. The number of hydrazone groups is 1. The van der Waals surface area contributed by atoms with Crippen molar-refractivity contribution in [3.8, 4) is 6.07 Å². The molecule has 1 aromatic rings. The van der Waals surface area contributed by atoms with E-state index in [2.05, 4.69) is 49.2 Å². The zero-order valence-electron chi connectivity index (χ0n) is 15.1. The van der Waals surface area contributed by atoms with Gasteiger partial charge in [-0.1, -0.05) is 24.6 Å². The number of fused-ring (bicyclic) bond motifs is 1. The average Bonchev–Trinajstić information content (AvgIpc) is 2.52. The van der Waals surface area contributed by atoms with E-state index in [-0.39, 0.29) is 12.0 Å². The number of nitrogens with zero attached hydrogens (tertiary/aromatic N) is 3. The lowest BCUT2D eigenvalue weighted by Crippen LogP contribution is -2.45. The number of nitriles is 1. The summed E-state index contributed by atoms with van der Waals surface area (Å²) in [6.07, 6.45) is 4.59. The van der Waals surface area contributed by atoms with Crippen molar-refractivity contribution < 1.29 is 4.79 Å². The Balaban J connectivity index is 2.37. The third kappa shape index (κ3) is 4.21. The van der Waals surface area contributed by atoms with E-state index in [1.54, 1.807) is 6.07 Å². The molecule has 1 amide bonds. The molecule has 0 atom stereocenters. The van der Waals surface area contributed by atoms with Crippen LogP contribution in [0.4, 0.5) is 5.69 Å². The highest BCUT2D eigenvalue weighted by Gasteiger charge is 2.31. The maximum atomic E-state index is 11.3. The number of nitrogens with one attached hydrogen (secondary N) is 1. The van der Waals surface area contributed by atoms with Crippen LogP contribution < -0.4 is 10.3 Å². The van der Waals surface area contributed by atoms with Gasteiger partial charge in [-0.25, -0.2) is 5.43 Å². The normalized spacial score (nSPS) is 15.5. The van der Waals surface area contributed by atoms with Gasteiger partial charge in [-0.05, 0) is 44.9 Å². The Hall–Kier alpha value is -2.32. The van der Waals surface area contributed by atoms with Crippen molar-refractivity contribution in [1.82, 2.24) is 5.43 Å². The monoisotopic (exact) mass is 358 g/mol. The van der Waals surface area contributed by atoms with Gasteiger partial charge in [-0.15, -0.1) is 0 Å². The third-order valence-corrected chi connectivity index (χ3v) is 4.50. The molecule has 1 aliphatic rings. The molecule has 0 radical (unpaired) electrons. The number of hydrogen-bond donors (Lipinski definition) is 1. The molecule has 6 heteroatoms. The highest BCUT2D eigenvalue weighted by Crippen LogP contribution is 2.41. The van der Waals surface area contributed by atoms with Gasteiger partial charge in [0, 0.05) is 23.4 Å². The van der Waals surface area contributed by atoms with Crippen LogP contribution in [0, 0.1) is 11.3 Å². The maximum Gasteiger partial charge on any atom is 0.254 e. The molecule has 0 bridgehead atoms. The summed E-state index contributed by atoms with van der Waals surface area (Å²) < 4.78 is 0. The van der Waals surface area contributed by atoms with E-state index in [4.69, 9.17) is 16.9 Å². The molecule has 5 nitrogen and oxygen atoms in total. The predicted molar refractivity (Wildman–Crippen MR) is 103 cm³/mol. The Bertz CT molecular complexity index is 774. The third-order valence-electron chi connectivity index (χ3n) is 4.18. The molecule has 132 valence electrons. The van der Waals surface area contributed by atoms with Crippen molar-refractivity contribution in [2.45, 2.75) is 46.1 Å². The van der Waals surface area contributed by atoms with Gasteiger partial charge in [-0.3, -0.25) is 4.79 Å². The number of halogens is 1. The van der Waals surface area contributed by atoms with E-state index in [1.807, 2.05) is 12.1 Å². The summed E-state index contributed by atoms with van der Waals surface area (Å²) in [6.45, 7) is 9.59. The summed E-state index contributed by atoms with van der Waals surface area (Å²) in [5.41, 5.74) is 6.38. The fourth-order valence-corrected chi connectivity index (χ4v) is 3.34. The molecular formula is C19H23ClN4O. The van der Waals surface area contributed by atoms with Gasteiger partial charge in [0.25, 0.3) is 5.91 Å². The minimum Gasteiger partial charge on any atom is -0.362 e. The van der Waals surface area contributed by atoms with Gasteiger partial charge in [0.2, 0.25) is 0 Å². The molecule has 1 heterocycles. The van der Waals surface area contributed by atoms with Crippen molar-refractivity contribution in [2.24, 2.45) is 5.10 Å². The van der Waals surface area contributed by atoms with Gasteiger partial charge >= 0.3 is 0 Å². The van der Waals surface area contributed by atoms with Crippen LogP contribution in [0.1, 0.15) is 51.7 Å². The van der Waals surface area contributed by atoms with Gasteiger partial charge < -0.3 is 4.90 Å². The average molecular weight is 359 g/mol. The number of rotatable bonds is 5. The lowest BCUT2D eigenvalue weighted by Gasteiger charge is -2.43. The lowest BCUT2D eigenvalue weighted by molar-refractivity contribution is -0.120. The Morgan fingerprint density at radius 2 is 2.20 bits per heavy atom. The van der Waals surface area contributed by atoms with Crippen LogP contribution in [-0.4, -0.2) is 24.2 Å². The Labute approximate surface area is 154 Å². The molecule has 0 saturated carbocycles. The molecule has 0 fully saturated rings. The molecule has 0 spiro atoms. The summed E-state index contributed by atoms with van der Waals surface area (Å²) in [5, 5.41) is 12.9. The number of hydrogen-bond acceptors (Lipinski definition) is 4.